The van der Waals surface area contributed by atoms with Gasteiger partial charge < -0.3 is 9.47 Å². The molecular formula is C24H26F2N6. The van der Waals surface area contributed by atoms with Crippen LogP contribution in [-0.4, -0.2) is 51.7 Å². The summed E-state index contributed by atoms with van der Waals surface area (Å²) in [6.07, 6.45) is 5.36. The maximum absolute atomic E-state index is 13.5. The summed E-state index contributed by atoms with van der Waals surface area (Å²) in [6, 6.07) is 6.79. The Morgan fingerprint density at radius 3 is 2.78 bits per heavy atom. The zero-order chi connectivity index (χ0) is 22.2. The first-order valence-electron chi connectivity index (χ1n) is 11.3. The summed E-state index contributed by atoms with van der Waals surface area (Å²) >= 11 is 0. The number of fused-ring (bicyclic) bond motifs is 3. The van der Waals surface area contributed by atoms with Crippen molar-refractivity contribution in [1.82, 2.24) is 19.4 Å². The van der Waals surface area contributed by atoms with Crippen LogP contribution in [0.15, 0.2) is 24.5 Å². The van der Waals surface area contributed by atoms with Crippen molar-refractivity contribution < 1.29 is 8.78 Å². The summed E-state index contributed by atoms with van der Waals surface area (Å²) in [7, 11) is 0. The lowest BCUT2D eigenvalue weighted by Crippen LogP contribution is -2.52. The van der Waals surface area contributed by atoms with Crippen LogP contribution in [0.3, 0.4) is 0 Å². The maximum atomic E-state index is 13.5. The van der Waals surface area contributed by atoms with Crippen LogP contribution >= 0.6 is 0 Å². The van der Waals surface area contributed by atoms with Crippen molar-refractivity contribution in [3.05, 3.63) is 53.0 Å². The molecule has 166 valence electrons. The SMILES string of the molecule is C[C@H]1CN(c2ncnc3c(C#N)c4n(c23)CCCC4)CCN1CCc1ccc(F)c(F)c1. The van der Waals surface area contributed by atoms with Gasteiger partial charge in [-0.25, -0.2) is 18.7 Å². The second-order valence-corrected chi connectivity index (χ2v) is 8.77. The number of hydrogen-bond acceptors (Lipinski definition) is 5. The summed E-state index contributed by atoms with van der Waals surface area (Å²) in [5.74, 6) is -0.689. The van der Waals surface area contributed by atoms with E-state index in [0.29, 0.717) is 12.0 Å². The zero-order valence-corrected chi connectivity index (χ0v) is 18.2. The summed E-state index contributed by atoms with van der Waals surface area (Å²) in [5.41, 5.74) is 4.35. The molecule has 0 spiro atoms. The lowest BCUT2D eigenvalue weighted by molar-refractivity contribution is 0.191. The van der Waals surface area contributed by atoms with E-state index < -0.39 is 11.6 Å². The first-order valence-corrected chi connectivity index (χ1v) is 11.3. The third-order valence-corrected chi connectivity index (χ3v) is 6.82. The van der Waals surface area contributed by atoms with Gasteiger partial charge in [0, 0.05) is 44.5 Å². The van der Waals surface area contributed by atoms with Crippen molar-refractivity contribution in [3.63, 3.8) is 0 Å². The predicted octanol–water partition coefficient (Wildman–Crippen LogP) is 3.67. The van der Waals surface area contributed by atoms with Gasteiger partial charge in [0.1, 0.15) is 23.4 Å². The van der Waals surface area contributed by atoms with Gasteiger partial charge in [-0.3, -0.25) is 4.90 Å². The van der Waals surface area contributed by atoms with Gasteiger partial charge in [-0.1, -0.05) is 6.07 Å². The molecule has 4 heterocycles. The van der Waals surface area contributed by atoms with Crippen LogP contribution in [0.4, 0.5) is 14.6 Å². The predicted molar refractivity (Wildman–Crippen MR) is 118 cm³/mol. The molecular weight excluding hydrogens is 410 g/mol. The number of benzene rings is 1. The highest BCUT2D eigenvalue weighted by molar-refractivity contribution is 5.92. The fraction of sp³-hybridized carbons (Fsp3) is 0.458. The van der Waals surface area contributed by atoms with Gasteiger partial charge in [0.15, 0.2) is 17.5 Å². The van der Waals surface area contributed by atoms with Crippen molar-refractivity contribution in [2.45, 2.75) is 45.2 Å². The molecule has 0 amide bonds. The highest BCUT2D eigenvalue weighted by Crippen LogP contribution is 2.34. The van der Waals surface area contributed by atoms with Crippen LogP contribution in [0.25, 0.3) is 11.0 Å². The van der Waals surface area contributed by atoms with Gasteiger partial charge in [-0.05, 0) is 50.3 Å². The molecule has 5 rings (SSSR count). The molecule has 0 aliphatic carbocycles. The molecule has 2 aromatic heterocycles. The molecule has 2 aliphatic heterocycles. The zero-order valence-electron chi connectivity index (χ0n) is 18.2. The van der Waals surface area contributed by atoms with Crippen molar-refractivity contribution in [3.8, 4) is 6.07 Å². The lowest BCUT2D eigenvalue weighted by Gasteiger charge is -2.40. The van der Waals surface area contributed by atoms with Gasteiger partial charge in [-0.15, -0.1) is 0 Å². The van der Waals surface area contributed by atoms with Crippen LogP contribution in [0.2, 0.25) is 0 Å². The molecule has 2 aliphatic rings. The molecule has 0 bridgehead atoms. The topological polar surface area (TPSA) is 61.0 Å². The Morgan fingerprint density at radius 2 is 2.00 bits per heavy atom. The quantitative estimate of drug-likeness (QED) is 0.625. The average Bonchev–Trinajstić information content (AvgIpc) is 3.14. The Morgan fingerprint density at radius 1 is 1.12 bits per heavy atom. The van der Waals surface area contributed by atoms with Crippen molar-refractivity contribution in [1.29, 1.82) is 5.26 Å². The van der Waals surface area contributed by atoms with E-state index in [4.69, 9.17) is 0 Å². The summed E-state index contributed by atoms with van der Waals surface area (Å²) in [5, 5.41) is 9.76. The molecule has 6 nitrogen and oxygen atoms in total. The lowest BCUT2D eigenvalue weighted by atomic mass is 10.1. The molecule has 8 heteroatoms. The molecule has 32 heavy (non-hydrogen) atoms. The fourth-order valence-electron chi connectivity index (χ4n) is 5.11. The minimum Gasteiger partial charge on any atom is -0.352 e. The van der Waals surface area contributed by atoms with Gasteiger partial charge in [-0.2, -0.15) is 5.26 Å². The number of aryl methyl sites for hydroxylation is 1. The number of hydrogen-bond donors (Lipinski definition) is 0. The minimum absolute atomic E-state index is 0.283. The normalized spacial score (nSPS) is 19.2. The fourth-order valence-corrected chi connectivity index (χ4v) is 5.11. The highest BCUT2D eigenvalue weighted by Gasteiger charge is 2.29. The smallest absolute Gasteiger partial charge is 0.159 e. The van der Waals surface area contributed by atoms with Crippen molar-refractivity contribution in [2.24, 2.45) is 0 Å². The van der Waals surface area contributed by atoms with E-state index in [1.54, 1.807) is 12.4 Å². The highest BCUT2D eigenvalue weighted by atomic mass is 19.2. The molecule has 0 N–H and O–H groups in total. The molecule has 1 saturated heterocycles. The summed E-state index contributed by atoms with van der Waals surface area (Å²) < 4.78 is 28.9. The number of anilines is 1. The summed E-state index contributed by atoms with van der Waals surface area (Å²) in [6.45, 7) is 6.36. The number of nitrogens with zero attached hydrogens (tertiary/aromatic N) is 6. The molecule has 0 radical (unpaired) electrons. The Kier molecular flexibility index (Phi) is 5.51. The standard InChI is InChI=1S/C24H26F2N6/c1-16-14-31(11-10-30(16)9-7-17-5-6-19(25)20(26)12-17)24-23-22(28-15-29-24)18(13-27)21-4-2-3-8-32(21)23/h5-6,12,15-16H,2-4,7-11,14H2,1H3/t16-/m0/s1. The van der Waals surface area contributed by atoms with Crippen molar-refractivity contribution >= 4 is 16.9 Å². The van der Waals surface area contributed by atoms with Crippen LogP contribution in [0.5, 0.6) is 0 Å². The van der Waals surface area contributed by atoms with Gasteiger partial charge in [0.2, 0.25) is 0 Å². The van der Waals surface area contributed by atoms with E-state index in [-0.39, 0.29) is 6.04 Å². The third-order valence-electron chi connectivity index (χ3n) is 6.82. The first-order chi connectivity index (χ1) is 15.6. The van der Waals surface area contributed by atoms with E-state index in [0.717, 1.165) is 80.1 Å². The van der Waals surface area contributed by atoms with E-state index in [9.17, 15) is 14.0 Å². The Bertz CT molecular complexity index is 1200. The minimum atomic E-state index is -0.806. The molecule has 1 fully saturated rings. The van der Waals surface area contributed by atoms with E-state index >= 15 is 0 Å². The van der Waals surface area contributed by atoms with Crippen LogP contribution in [0.1, 0.15) is 36.6 Å². The summed E-state index contributed by atoms with van der Waals surface area (Å²) in [4.78, 5) is 13.8. The van der Waals surface area contributed by atoms with Gasteiger partial charge in [0.25, 0.3) is 0 Å². The Balaban J connectivity index is 1.35. The van der Waals surface area contributed by atoms with E-state index in [2.05, 4.69) is 37.3 Å². The molecule has 3 aromatic rings. The maximum Gasteiger partial charge on any atom is 0.159 e. The van der Waals surface area contributed by atoms with Gasteiger partial charge in [0.05, 0.1) is 5.56 Å². The Labute approximate surface area is 186 Å². The number of piperazine rings is 1. The van der Waals surface area contributed by atoms with Crippen LogP contribution in [-0.2, 0) is 19.4 Å². The number of rotatable bonds is 4. The van der Waals surface area contributed by atoms with E-state index in [1.165, 1.54) is 12.1 Å². The second-order valence-electron chi connectivity index (χ2n) is 8.77. The second kappa shape index (κ2) is 8.47. The molecule has 0 unspecified atom stereocenters. The largest absolute Gasteiger partial charge is 0.352 e. The van der Waals surface area contributed by atoms with E-state index in [1.807, 2.05) is 0 Å². The molecule has 1 aromatic carbocycles. The number of halogens is 2. The monoisotopic (exact) mass is 436 g/mol. The third kappa shape index (κ3) is 3.61. The number of aromatic nitrogens is 3. The number of nitriles is 1. The van der Waals surface area contributed by atoms with Gasteiger partial charge >= 0.3 is 0 Å². The van der Waals surface area contributed by atoms with Crippen LogP contribution in [0, 0.1) is 23.0 Å². The molecule has 1 atom stereocenters. The Hall–Kier alpha value is -3.05. The van der Waals surface area contributed by atoms with Crippen LogP contribution < -0.4 is 4.90 Å². The van der Waals surface area contributed by atoms with Crippen molar-refractivity contribution in [2.75, 3.05) is 31.1 Å². The average molecular weight is 437 g/mol. The molecule has 0 saturated carbocycles. The first kappa shape index (κ1) is 20.8.